The van der Waals surface area contributed by atoms with Crippen LogP contribution in [0.5, 0.6) is 0 Å². The second-order valence-electron chi connectivity index (χ2n) is 4.07. The van der Waals surface area contributed by atoms with Crippen molar-refractivity contribution in [2.24, 2.45) is 0 Å². The highest BCUT2D eigenvalue weighted by molar-refractivity contribution is 5.33. The van der Waals surface area contributed by atoms with Crippen molar-refractivity contribution in [3.05, 3.63) is 53.1 Å². The van der Waals surface area contributed by atoms with E-state index >= 15 is 0 Å². The molecule has 1 aromatic heterocycles. The Morgan fingerprint density at radius 1 is 1.38 bits per heavy atom. The maximum atomic E-state index is 10.00. The van der Waals surface area contributed by atoms with E-state index in [1.807, 2.05) is 6.07 Å². The summed E-state index contributed by atoms with van der Waals surface area (Å²) in [6, 6.07) is 6.16. The minimum atomic E-state index is -0.535. The van der Waals surface area contributed by atoms with Gasteiger partial charge in [-0.05, 0) is 30.5 Å². The van der Waals surface area contributed by atoms with Crippen molar-refractivity contribution in [1.82, 2.24) is 9.97 Å². The summed E-state index contributed by atoms with van der Waals surface area (Å²) in [7, 11) is 0. The smallest absolute Gasteiger partial charge is 0.101 e. The summed E-state index contributed by atoms with van der Waals surface area (Å²) in [4.78, 5) is 6.91. The normalized spacial score (nSPS) is 12.7. The van der Waals surface area contributed by atoms with Gasteiger partial charge >= 0.3 is 0 Å². The standard InChI is InChI=1S/C13H16N2O/c1-9-4-3-5-11(10(9)2)6-13(16)12-7-14-8-15-12/h3-5,7-8,13,16H,6H2,1-2H3,(H,14,15). The molecule has 1 heterocycles. The highest BCUT2D eigenvalue weighted by Crippen LogP contribution is 2.20. The van der Waals surface area contributed by atoms with E-state index in [4.69, 9.17) is 0 Å². The molecule has 0 fully saturated rings. The Kier molecular flexibility index (Phi) is 3.06. The zero-order valence-electron chi connectivity index (χ0n) is 9.57. The van der Waals surface area contributed by atoms with Gasteiger partial charge in [-0.3, -0.25) is 0 Å². The minimum absolute atomic E-state index is 0.535. The number of H-pyrrole nitrogens is 1. The number of rotatable bonds is 3. The molecule has 0 amide bonds. The molecule has 0 bridgehead atoms. The highest BCUT2D eigenvalue weighted by atomic mass is 16.3. The van der Waals surface area contributed by atoms with E-state index < -0.39 is 6.10 Å². The summed E-state index contributed by atoms with van der Waals surface area (Å²) < 4.78 is 0. The molecule has 0 spiro atoms. The number of hydrogen-bond donors (Lipinski definition) is 2. The third kappa shape index (κ3) is 2.14. The van der Waals surface area contributed by atoms with Crippen LogP contribution < -0.4 is 0 Å². The van der Waals surface area contributed by atoms with Crippen LogP contribution in [-0.2, 0) is 6.42 Å². The Labute approximate surface area is 95.2 Å². The molecule has 1 unspecified atom stereocenters. The van der Waals surface area contributed by atoms with Crippen LogP contribution in [0.3, 0.4) is 0 Å². The molecule has 0 aliphatic carbocycles. The van der Waals surface area contributed by atoms with E-state index in [0.717, 1.165) is 0 Å². The van der Waals surface area contributed by atoms with Gasteiger partial charge in [0.05, 0.1) is 12.0 Å². The number of nitrogens with zero attached hydrogens (tertiary/aromatic N) is 1. The topological polar surface area (TPSA) is 48.9 Å². The first kappa shape index (κ1) is 10.9. The Morgan fingerprint density at radius 3 is 2.88 bits per heavy atom. The molecule has 2 aromatic rings. The third-order valence-corrected chi connectivity index (χ3v) is 2.99. The Balaban J connectivity index is 2.18. The first-order chi connectivity index (χ1) is 7.68. The van der Waals surface area contributed by atoms with Gasteiger partial charge in [0.1, 0.15) is 6.10 Å². The second-order valence-corrected chi connectivity index (χ2v) is 4.07. The Hall–Kier alpha value is -1.61. The summed E-state index contributed by atoms with van der Waals surface area (Å²) in [6.07, 6.45) is 3.39. The Bertz CT molecular complexity index is 463. The molecule has 3 heteroatoms. The van der Waals surface area contributed by atoms with Gasteiger partial charge in [-0.1, -0.05) is 18.2 Å². The molecule has 1 atom stereocenters. The van der Waals surface area contributed by atoms with Gasteiger partial charge in [-0.25, -0.2) is 4.98 Å². The fourth-order valence-electron chi connectivity index (χ4n) is 1.80. The van der Waals surface area contributed by atoms with Gasteiger partial charge in [-0.15, -0.1) is 0 Å². The molecule has 0 aliphatic rings. The van der Waals surface area contributed by atoms with Crippen molar-refractivity contribution in [1.29, 1.82) is 0 Å². The number of benzene rings is 1. The number of hydrogen-bond acceptors (Lipinski definition) is 2. The summed E-state index contributed by atoms with van der Waals surface area (Å²) >= 11 is 0. The number of aryl methyl sites for hydroxylation is 1. The van der Waals surface area contributed by atoms with E-state index in [1.165, 1.54) is 16.7 Å². The van der Waals surface area contributed by atoms with Crippen LogP contribution in [0.2, 0.25) is 0 Å². The molecule has 2 N–H and O–H groups in total. The summed E-state index contributed by atoms with van der Waals surface area (Å²) in [5.74, 6) is 0. The monoisotopic (exact) mass is 216 g/mol. The number of aliphatic hydroxyl groups excluding tert-OH is 1. The van der Waals surface area contributed by atoms with E-state index in [-0.39, 0.29) is 0 Å². The van der Waals surface area contributed by atoms with Crippen molar-refractivity contribution >= 4 is 0 Å². The lowest BCUT2D eigenvalue weighted by molar-refractivity contribution is 0.174. The lowest BCUT2D eigenvalue weighted by Gasteiger charge is -2.11. The van der Waals surface area contributed by atoms with Crippen LogP contribution in [0.1, 0.15) is 28.5 Å². The molecular weight excluding hydrogens is 200 g/mol. The molecule has 0 radical (unpaired) electrons. The zero-order valence-corrected chi connectivity index (χ0v) is 9.57. The molecule has 84 valence electrons. The predicted molar refractivity (Wildman–Crippen MR) is 63.2 cm³/mol. The maximum Gasteiger partial charge on any atom is 0.101 e. The maximum absolute atomic E-state index is 10.00. The minimum Gasteiger partial charge on any atom is -0.386 e. The van der Waals surface area contributed by atoms with E-state index in [0.29, 0.717) is 12.1 Å². The number of aliphatic hydroxyl groups is 1. The van der Waals surface area contributed by atoms with E-state index in [2.05, 4.69) is 35.9 Å². The van der Waals surface area contributed by atoms with Crippen LogP contribution in [0, 0.1) is 13.8 Å². The molecule has 0 saturated heterocycles. The fraction of sp³-hybridized carbons (Fsp3) is 0.308. The van der Waals surface area contributed by atoms with Crippen LogP contribution in [0.15, 0.2) is 30.7 Å². The SMILES string of the molecule is Cc1cccc(CC(O)c2c[nH]cn2)c1C. The average Bonchev–Trinajstić information content (AvgIpc) is 2.78. The summed E-state index contributed by atoms with van der Waals surface area (Å²) in [5, 5.41) is 10.00. The molecule has 0 saturated carbocycles. The molecule has 1 aromatic carbocycles. The first-order valence-corrected chi connectivity index (χ1v) is 5.40. The van der Waals surface area contributed by atoms with Crippen molar-refractivity contribution in [2.75, 3.05) is 0 Å². The Morgan fingerprint density at radius 2 is 2.19 bits per heavy atom. The fourth-order valence-corrected chi connectivity index (χ4v) is 1.80. The lowest BCUT2D eigenvalue weighted by Crippen LogP contribution is -2.04. The van der Waals surface area contributed by atoms with E-state index in [1.54, 1.807) is 12.5 Å². The second kappa shape index (κ2) is 4.49. The number of imidazole rings is 1. The summed E-state index contributed by atoms with van der Waals surface area (Å²) in [5.41, 5.74) is 4.38. The van der Waals surface area contributed by atoms with Crippen LogP contribution in [0.25, 0.3) is 0 Å². The quantitative estimate of drug-likeness (QED) is 0.827. The third-order valence-electron chi connectivity index (χ3n) is 2.99. The first-order valence-electron chi connectivity index (χ1n) is 5.40. The van der Waals surface area contributed by atoms with Gasteiger partial charge in [0.25, 0.3) is 0 Å². The molecule has 3 nitrogen and oxygen atoms in total. The van der Waals surface area contributed by atoms with Crippen LogP contribution in [0.4, 0.5) is 0 Å². The van der Waals surface area contributed by atoms with E-state index in [9.17, 15) is 5.11 Å². The molecular formula is C13H16N2O. The van der Waals surface area contributed by atoms with Gasteiger partial charge in [0, 0.05) is 12.6 Å². The van der Waals surface area contributed by atoms with Gasteiger partial charge in [0.15, 0.2) is 0 Å². The zero-order chi connectivity index (χ0) is 11.5. The van der Waals surface area contributed by atoms with Gasteiger partial charge < -0.3 is 10.1 Å². The number of nitrogens with one attached hydrogen (secondary N) is 1. The van der Waals surface area contributed by atoms with Gasteiger partial charge in [0.2, 0.25) is 0 Å². The largest absolute Gasteiger partial charge is 0.386 e. The predicted octanol–water partition coefficient (Wildman–Crippen LogP) is 2.30. The molecule has 0 aliphatic heterocycles. The summed E-state index contributed by atoms with van der Waals surface area (Å²) in [6.45, 7) is 4.17. The van der Waals surface area contributed by atoms with Crippen molar-refractivity contribution in [3.8, 4) is 0 Å². The van der Waals surface area contributed by atoms with Crippen molar-refractivity contribution in [2.45, 2.75) is 26.4 Å². The van der Waals surface area contributed by atoms with Gasteiger partial charge in [-0.2, -0.15) is 0 Å². The highest BCUT2D eigenvalue weighted by Gasteiger charge is 2.12. The van der Waals surface area contributed by atoms with Crippen LogP contribution >= 0.6 is 0 Å². The lowest BCUT2D eigenvalue weighted by atomic mass is 9.98. The van der Waals surface area contributed by atoms with Crippen molar-refractivity contribution in [3.63, 3.8) is 0 Å². The number of aromatic amines is 1. The van der Waals surface area contributed by atoms with Crippen LogP contribution in [-0.4, -0.2) is 15.1 Å². The number of aromatic nitrogens is 2. The van der Waals surface area contributed by atoms with Crippen molar-refractivity contribution < 1.29 is 5.11 Å². The molecule has 2 rings (SSSR count). The average molecular weight is 216 g/mol. The molecule has 16 heavy (non-hydrogen) atoms.